The third-order valence-electron chi connectivity index (χ3n) is 4.86. The van der Waals surface area contributed by atoms with Crippen LogP contribution in [0.1, 0.15) is 26.3 Å². The molecule has 0 saturated carbocycles. The molecule has 0 spiro atoms. The Hall–Kier alpha value is -2.66. The van der Waals surface area contributed by atoms with E-state index in [0.717, 1.165) is 5.69 Å². The van der Waals surface area contributed by atoms with E-state index in [0.29, 0.717) is 37.4 Å². The summed E-state index contributed by atoms with van der Waals surface area (Å²) in [4.78, 5) is 8.21. The number of nitriles is 1. The van der Waals surface area contributed by atoms with Gasteiger partial charge in [0.05, 0.1) is 34.0 Å². The minimum Gasteiger partial charge on any atom is -0.367 e. The SMILES string of the molecule is CC(C)(C)S(=O)(=O)c1ccc(N2CCN(c3ccc(C#N)cc3F)CC2)cn1. The third kappa shape index (κ3) is 3.80. The summed E-state index contributed by atoms with van der Waals surface area (Å²) in [5.41, 5.74) is 1.63. The van der Waals surface area contributed by atoms with Crippen LogP contribution in [0.2, 0.25) is 0 Å². The van der Waals surface area contributed by atoms with E-state index in [4.69, 9.17) is 5.26 Å². The number of nitrogens with zero attached hydrogens (tertiary/aromatic N) is 4. The van der Waals surface area contributed by atoms with Gasteiger partial charge in [0.1, 0.15) is 5.82 Å². The number of piperazine rings is 1. The zero-order valence-electron chi connectivity index (χ0n) is 16.2. The number of sulfone groups is 1. The van der Waals surface area contributed by atoms with Crippen molar-refractivity contribution in [1.82, 2.24) is 4.98 Å². The van der Waals surface area contributed by atoms with Gasteiger partial charge in [-0.25, -0.2) is 17.8 Å². The molecule has 1 saturated heterocycles. The summed E-state index contributed by atoms with van der Waals surface area (Å²) in [7, 11) is -3.48. The van der Waals surface area contributed by atoms with Gasteiger partial charge in [0, 0.05) is 26.2 Å². The first kappa shape index (κ1) is 20.1. The van der Waals surface area contributed by atoms with Gasteiger partial charge in [-0.1, -0.05) is 0 Å². The molecule has 6 nitrogen and oxygen atoms in total. The maximum atomic E-state index is 14.2. The highest BCUT2D eigenvalue weighted by Gasteiger charge is 2.32. The molecule has 0 radical (unpaired) electrons. The number of rotatable bonds is 3. The van der Waals surface area contributed by atoms with Crippen LogP contribution in [-0.2, 0) is 9.84 Å². The molecule has 1 aliphatic heterocycles. The third-order valence-corrected chi connectivity index (χ3v) is 7.27. The fourth-order valence-corrected chi connectivity index (χ4v) is 4.14. The highest BCUT2D eigenvalue weighted by atomic mass is 32.2. The molecule has 0 bridgehead atoms. The van der Waals surface area contributed by atoms with Crippen LogP contribution in [0.25, 0.3) is 0 Å². The van der Waals surface area contributed by atoms with Gasteiger partial charge in [0.2, 0.25) is 0 Å². The molecule has 1 aromatic heterocycles. The predicted octanol–water partition coefficient (Wildman–Crippen LogP) is 2.99. The minimum atomic E-state index is -3.48. The Kier molecular flexibility index (Phi) is 5.31. The van der Waals surface area contributed by atoms with Crippen molar-refractivity contribution >= 4 is 21.2 Å². The number of hydrogen-bond donors (Lipinski definition) is 0. The molecular formula is C20H23FN4O2S. The van der Waals surface area contributed by atoms with Crippen LogP contribution in [0, 0.1) is 17.1 Å². The van der Waals surface area contributed by atoms with Crippen molar-refractivity contribution in [3.63, 3.8) is 0 Å². The van der Waals surface area contributed by atoms with Crippen molar-refractivity contribution in [1.29, 1.82) is 5.26 Å². The molecule has 2 heterocycles. The maximum Gasteiger partial charge on any atom is 0.200 e. The van der Waals surface area contributed by atoms with Crippen molar-refractivity contribution < 1.29 is 12.8 Å². The lowest BCUT2D eigenvalue weighted by Gasteiger charge is -2.37. The van der Waals surface area contributed by atoms with Crippen molar-refractivity contribution in [2.45, 2.75) is 30.5 Å². The Balaban J connectivity index is 1.70. The lowest BCUT2D eigenvalue weighted by Crippen LogP contribution is -2.46. The molecule has 8 heteroatoms. The summed E-state index contributed by atoms with van der Waals surface area (Å²) >= 11 is 0. The van der Waals surface area contributed by atoms with Gasteiger partial charge in [0.15, 0.2) is 14.9 Å². The average Bonchev–Trinajstić information content (AvgIpc) is 2.67. The Bertz CT molecular complexity index is 1000. The fraction of sp³-hybridized carbons (Fsp3) is 0.400. The molecule has 0 atom stereocenters. The molecule has 0 aliphatic carbocycles. The van der Waals surface area contributed by atoms with Crippen LogP contribution in [0.15, 0.2) is 41.6 Å². The second-order valence-electron chi connectivity index (χ2n) is 7.72. The maximum absolute atomic E-state index is 14.2. The Morgan fingerprint density at radius 3 is 2.21 bits per heavy atom. The molecule has 0 unspecified atom stereocenters. The van der Waals surface area contributed by atoms with Gasteiger partial charge in [-0.3, -0.25) is 0 Å². The zero-order chi connectivity index (χ0) is 20.5. The van der Waals surface area contributed by atoms with Crippen LogP contribution >= 0.6 is 0 Å². The predicted molar refractivity (Wildman–Crippen MR) is 107 cm³/mol. The number of pyridine rings is 1. The van der Waals surface area contributed by atoms with E-state index in [1.165, 1.54) is 6.07 Å². The summed E-state index contributed by atoms with van der Waals surface area (Å²) in [6.07, 6.45) is 1.58. The quantitative estimate of drug-likeness (QED) is 0.786. The van der Waals surface area contributed by atoms with E-state index < -0.39 is 20.4 Å². The first-order chi connectivity index (χ1) is 13.1. The van der Waals surface area contributed by atoms with E-state index in [1.54, 1.807) is 51.2 Å². The number of anilines is 2. The largest absolute Gasteiger partial charge is 0.367 e. The van der Waals surface area contributed by atoms with Gasteiger partial charge in [0.25, 0.3) is 0 Å². The van der Waals surface area contributed by atoms with E-state index in [-0.39, 0.29) is 5.03 Å². The lowest BCUT2D eigenvalue weighted by molar-refractivity contribution is 0.556. The first-order valence-electron chi connectivity index (χ1n) is 9.04. The molecule has 2 aromatic rings. The zero-order valence-corrected chi connectivity index (χ0v) is 17.0. The second kappa shape index (κ2) is 7.40. The molecule has 0 N–H and O–H groups in total. The van der Waals surface area contributed by atoms with Gasteiger partial charge in [-0.15, -0.1) is 0 Å². The number of hydrogen-bond acceptors (Lipinski definition) is 6. The average molecular weight is 402 g/mol. The van der Waals surface area contributed by atoms with E-state index in [9.17, 15) is 12.8 Å². The smallest absolute Gasteiger partial charge is 0.200 e. The summed E-state index contributed by atoms with van der Waals surface area (Å²) in [6.45, 7) is 7.51. The summed E-state index contributed by atoms with van der Waals surface area (Å²) in [5.74, 6) is -0.397. The van der Waals surface area contributed by atoms with Crippen LogP contribution in [-0.4, -0.2) is 44.3 Å². The fourth-order valence-electron chi connectivity index (χ4n) is 3.07. The number of aromatic nitrogens is 1. The molecule has 148 valence electrons. The van der Waals surface area contributed by atoms with Crippen LogP contribution in [0.3, 0.4) is 0 Å². The second-order valence-corrected chi connectivity index (χ2v) is 10.4. The van der Waals surface area contributed by atoms with E-state index in [2.05, 4.69) is 9.88 Å². The van der Waals surface area contributed by atoms with Crippen molar-refractivity contribution in [2.24, 2.45) is 0 Å². The van der Waals surface area contributed by atoms with Gasteiger partial charge in [-0.2, -0.15) is 5.26 Å². The molecule has 28 heavy (non-hydrogen) atoms. The standard InChI is InChI=1S/C20H23FN4O2S/c1-20(2,3)28(26,27)19-7-5-16(14-23-19)24-8-10-25(11-9-24)18-6-4-15(13-22)12-17(18)21/h4-7,12,14H,8-11H2,1-3H3. The number of halogens is 1. The highest BCUT2D eigenvalue weighted by molar-refractivity contribution is 7.92. The van der Waals surface area contributed by atoms with Crippen LogP contribution in [0.5, 0.6) is 0 Å². The molecule has 1 fully saturated rings. The van der Waals surface area contributed by atoms with E-state index >= 15 is 0 Å². The van der Waals surface area contributed by atoms with Crippen molar-refractivity contribution in [3.05, 3.63) is 47.9 Å². The lowest BCUT2D eigenvalue weighted by atomic mass is 10.1. The highest BCUT2D eigenvalue weighted by Crippen LogP contribution is 2.26. The monoisotopic (exact) mass is 402 g/mol. The molecule has 0 amide bonds. The van der Waals surface area contributed by atoms with Gasteiger partial charge >= 0.3 is 0 Å². The Morgan fingerprint density at radius 2 is 1.71 bits per heavy atom. The molecule has 3 rings (SSSR count). The minimum absolute atomic E-state index is 0.0713. The molecule has 1 aromatic carbocycles. The molecule has 1 aliphatic rings. The van der Waals surface area contributed by atoms with Gasteiger partial charge in [-0.05, 0) is 51.1 Å². The number of benzene rings is 1. The molecular weight excluding hydrogens is 379 g/mol. The Morgan fingerprint density at radius 1 is 1.07 bits per heavy atom. The van der Waals surface area contributed by atoms with Crippen LogP contribution in [0.4, 0.5) is 15.8 Å². The first-order valence-corrected chi connectivity index (χ1v) is 10.5. The normalized spacial score (nSPS) is 15.4. The Labute approximate surface area is 165 Å². The van der Waals surface area contributed by atoms with Gasteiger partial charge < -0.3 is 9.80 Å². The summed E-state index contributed by atoms with van der Waals surface area (Å²) in [5, 5.41) is 8.93. The summed E-state index contributed by atoms with van der Waals surface area (Å²) in [6, 6.07) is 9.75. The topological polar surface area (TPSA) is 77.3 Å². The van der Waals surface area contributed by atoms with E-state index in [1.807, 2.05) is 11.0 Å². The van der Waals surface area contributed by atoms with Crippen molar-refractivity contribution in [3.8, 4) is 6.07 Å². The summed E-state index contributed by atoms with van der Waals surface area (Å²) < 4.78 is 38.3. The van der Waals surface area contributed by atoms with Crippen molar-refractivity contribution in [2.75, 3.05) is 36.0 Å². The van der Waals surface area contributed by atoms with Crippen LogP contribution < -0.4 is 9.80 Å².